The molecule has 1 aromatic rings. The zero-order valence-electron chi connectivity index (χ0n) is 9.43. The summed E-state index contributed by atoms with van der Waals surface area (Å²) in [4.78, 5) is 0. The largest absolute Gasteiger partial charge is 0.496 e. The maximum absolute atomic E-state index is 5.23. The Kier molecular flexibility index (Phi) is 7.58. The number of ether oxygens (including phenoxy) is 1. The van der Waals surface area contributed by atoms with Crippen LogP contribution in [0.1, 0.15) is 32.8 Å². The molecule has 80 valence electrons. The van der Waals surface area contributed by atoms with Gasteiger partial charge in [0.1, 0.15) is 5.75 Å². The fourth-order valence-corrected chi connectivity index (χ4v) is 1.62. The predicted molar refractivity (Wildman–Crippen MR) is 66.0 cm³/mol. The summed E-state index contributed by atoms with van der Waals surface area (Å²) < 4.78 is 6.35. The van der Waals surface area contributed by atoms with E-state index in [2.05, 4.69) is 28.9 Å². The van der Waals surface area contributed by atoms with Gasteiger partial charge in [0.2, 0.25) is 0 Å². The Balaban J connectivity index is 0.000000791. The van der Waals surface area contributed by atoms with Crippen LogP contribution in [0.5, 0.6) is 5.75 Å². The van der Waals surface area contributed by atoms with Crippen molar-refractivity contribution in [2.45, 2.75) is 33.6 Å². The first kappa shape index (κ1) is 13.5. The average molecular weight is 259 g/mol. The summed E-state index contributed by atoms with van der Waals surface area (Å²) in [6.07, 6.45) is 2.22. The van der Waals surface area contributed by atoms with Crippen molar-refractivity contribution in [3.8, 4) is 5.75 Å². The van der Waals surface area contributed by atoms with Gasteiger partial charge < -0.3 is 4.74 Å². The maximum Gasteiger partial charge on any atom is 0.122 e. The highest BCUT2D eigenvalue weighted by atomic mass is 79.9. The molecule has 0 aliphatic carbocycles. The summed E-state index contributed by atoms with van der Waals surface area (Å²) in [5.74, 6) is 0.986. The summed E-state index contributed by atoms with van der Waals surface area (Å²) in [6.45, 7) is 6.17. The van der Waals surface area contributed by atoms with E-state index < -0.39 is 0 Å². The van der Waals surface area contributed by atoms with Gasteiger partial charge in [-0.1, -0.05) is 43.1 Å². The molecule has 1 aromatic carbocycles. The Morgan fingerprint density at radius 1 is 1.29 bits per heavy atom. The first-order chi connectivity index (χ1) is 6.77. The summed E-state index contributed by atoms with van der Waals surface area (Å²) in [6, 6.07) is 6.11. The number of methoxy groups -OCH3 is 1. The summed E-state index contributed by atoms with van der Waals surface area (Å²) in [5, 5.41) is 0. The molecule has 0 saturated heterocycles. The molecule has 0 unspecified atom stereocenters. The van der Waals surface area contributed by atoms with Crippen LogP contribution < -0.4 is 4.74 Å². The molecule has 0 radical (unpaired) electrons. The van der Waals surface area contributed by atoms with Crippen LogP contribution >= 0.6 is 15.9 Å². The van der Waals surface area contributed by atoms with Gasteiger partial charge in [0.05, 0.1) is 7.11 Å². The highest BCUT2D eigenvalue weighted by Gasteiger charge is 2.01. The molecule has 0 aliphatic rings. The van der Waals surface area contributed by atoms with Gasteiger partial charge in [0.25, 0.3) is 0 Å². The molecule has 2 heteroatoms. The molecule has 0 fully saturated rings. The van der Waals surface area contributed by atoms with E-state index in [0.717, 1.165) is 23.1 Å². The van der Waals surface area contributed by atoms with Crippen molar-refractivity contribution in [2.24, 2.45) is 0 Å². The number of halogens is 1. The smallest absolute Gasteiger partial charge is 0.122 e. The standard InChI is InChI=1S/C10H13BrO.C2H6/c1-3-4-8-7-9(11)5-6-10(8)12-2;1-2/h5-7H,3-4H2,1-2H3;1-2H3. The molecule has 0 heterocycles. The van der Waals surface area contributed by atoms with E-state index in [1.807, 2.05) is 26.0 Å². The second-order valence-corrected chi connectivity index (χ2v) is 3.62. The normalized spacial score (nSPS) is 8.93. The van der Waals surface area contributed by atoms with Crippen LogP contribution in [0.2, 0.25) is 0 Å². The molecule has 0 aromatic heterocycles. The second kappa shape index (κ2) is 7.86. The molecule has 0 N–H and O–H groups in total. The highest BCUT2D eigenvalue weighted by molar-refractivity contribution is 9.10. The number of hydrogen-bond acceptors (Lipinski definition) is 1. The zero-order chi connectivity index (χ0) is 11.0. The fourth-order valence-electron chi connectivity index (χ4n) is 1.21. The molecule has 1 nitrogen and oxygen atoms in total. The van der Waals surface area contributed by atoms with E-state index in [1.165, 1.54) is 5.56 Å². The van der Waals surface area contributed by atoms with Crippen LogP contribution in [0, 0.1) is 0 Å². The van der Waals surface area contributed by atoms with Crippen LogP contribution in [-0.2, 0) is 6.42 Å². The first-order valence-electron chi connectivity index (χ1n) is 5.10. The van der Waals surface area contributed by atoms with Gasteiger partial charge in [0.15, 0.2) is 0 Å². The average Bonchev–Trinajstić information content (AvgIpc) is 2.22. The van der Waals surface area contributed by atoms with Crippen molar-refractivity contribution in [3.63, 3.8) is 0 Å². The van der Waals surface area contributed by atoms with E-state index in [9.17, 15) is 0 Å². The molecule has 0 atom stereocenters. The van der Waals surface area contributed by atoms with Crippen LogP contribution in [0.3, 0.4) is 0 Å². The van der Waals surface area contributed by atoms with E-state index in [1.54, 1.807) is 7.11 Å². The fraction of sp³-hybridized carbons (Fsp3) is 0.500. The van der Waals surface area contributed by atoms with E-state index in [-0.39, 0.29) is 0 Å². The maximum atomic E-state index is 5.23. The predicted octanol–water partition coefficient (Wildman–Crippen LogP) is 4.44. The Morgan fingerprint density at radius 3 is 2.43 bits per heavy atom. The molecule has 14 heavy (non-hydrogen) atoms. The lowest BCUT2D eigenvalue weighted by atomic mass is 10.1. The second-order valence-electron chi connectivity index (χ2n) is 2.71. The number of hydrogen-bond donors (Lipinski definition) is 0. The van der Waals surface area contributed by atoms with E-state index >= 15 is 0 Å². The van der Waals surface area contributed by atoms with Gasteiger partial charge in [-0.25, -0.2) is 0 Å². The third-order valence-electron chi connectivity index (χ3n) is 1.76. The van der Waals surface area contributed by atoms with Crippen LogP contribution in [0.4, 0.5) is 0 Å². The molecule has 1 rings (SSSR count). The van der Waals surface area contributed by atoms with Crippen molar-refractivity contribution in [1.29, 1.82) is 0 Å². The van der Waals surface area contributed by atoms with Crippen molar-refractivity contribution in [2.75, 3.05) is 7.11 Å². The third kappa shape index (κ3) is 4.14. The Labute approximate surface area is 95.6 Å². The Bertz CT molecular complexity index is 258. The third-order valence-corrected chi connectivity index (χ3v) is 2.26. The highest BCUT2D eigenvalue weighted by Crippen LogP contribution is 2.23. The monoisotopic (exact) mass is 258 g/mol. The quantitative estimate of drug-likeness (QED) is 0.779. The first-order valence-corrected chi connectivity index (χ1v) is 5.89. The zero-order valence-corrected chi connectivity index (χ0v) is 11.0. The molecular formula is C12H19BrO. The van der Waals surface area contributed by atoms with Crippen LogP contribution in [0.15, 0.2) is 22.7 Å². The lowest BCUT2D eigenvalue weighted by Crippen LogP contribution is -1.91. The van der Waals surface area contributed by atoms with Crippen molar-refractivity contribution < 1.29 is 4.74 Å². The number of rotatable bonds is 3. The molecule has 0 amide bonds. The van der Waals surface area contributed by atoms with Gasteiger partial charge in [0, 0.05) is 4.47 Å². The lowest BCUT2D eigenvalue weighted by molar-refractivity contribution is 0.409. The molecule has 0 aliphatic heterocycles. The molecule has 0 spiro atoms. The molecule has 0 saturated carbocycles. The van der Waals surface area contributed by atoms with Crippen LogP contribution in [0.25, 0.3) is 0 Å². The summed E-state index contributed by atoms with van der Waals surface area (Å²) in [7, 11) is 1.71. The van der Waals surface area contributed by atoms with Crippen molar-refractivity contribution in [3.05, 3.63) is 28.2 Å². The minimum atomic E-state index is 0.986. The topological polar surface area (TPSA) is 9.23 Å². The van der Waals surface area contributed by atoms with Gasteiger partial charge >= 0.3 is 0 Å². The number of benzene rings is 1. The Morgan fingerprint density at radius 2 is 1.93 bits per heavy atom. The van der Waals surface area contributed by atoms with Crippen molar-refractivity contribution in [1.82, 2.24) is 0 Å². The van der Waals surface area contributed by atoms with Crippen LogP contribution in [-0.4, -0.2) is 7.11 Å². The number of aryl methyl sites for hydroxylation is 1. The molecule has 0 bridgehead atoms. The summed E-state index contributed by atoms with van der Waals surface area (Å²) in [5.41, 5.74) is 1.27. The minimum absolute atomic E-state index is 0.986. The minimum Gasteiger partial charge on any atom is -0.496 e. The van der Waals surface area contributed by atoms with E-state index in [0.29, 0.717) is 0 Å². The van der Waals surface area contributed by atoms with Gasteiger partial charge in [-0.2, -0.15) is 0 Å². The van der Waals surface area contributed by atoms with Gasteiger partial charge in [-0.3, -0.25) is 0 Å². The van der Waals surface area contributed by atoms with Gasteiger partial charge in [-0.05, 0) is 30.2 Å². The molecular weight excluding hydrogens is 240 g/mol. The lowest BCUT2D eigenvalue weighted by Gasteiger charge is -2.07. The summed E-state index contributed by atoms with van der Waals surface area (Å²) >= 11 is 3.44. The van der Waals surface area contributed by atoms with Gasteiger partial charge in [-0.15, -0.1) is 0 Å². The SMILES string of the molecule is CC.CCCc1cc(Br)ccc1OC. The van der Waals surface area contributed by atoms with E-state index in [4.69, 9.17) is 4.74 Å². The Hall–Kier alpha value is -0.500. The van der Waals surface area contributed by atoms with Crippen molar-refractivity contribution >= 4 is 15.9 Å².